The standard InChI is InChI=1S/C12H12N4S/c1-9(7-13)10-3-5-11(6-4-10)16-12(17-2)15-8-14/h3-6,9H,1-2H3,(H,15,16). The number of aliphatic imine (C=N–C) groups is 1. The van der Waals surface area contributed by atoms with Gasteiger partial charge in [0.1, 0.15) is 0 Å². The van der Waals surface area contributed by atoms with E-state index in [2.05, 4.69) is 16.4 Å². The summed E-state index contributed by atoms with van der Waals surface area (Å²) in [5.41, 5.74) is 1.72. The zero-order valence-corrected chi connectivity index (χ0v) is 10.5. The Hall–Kier alpha value is -1.98. The first kappa shape index (κ1) is 13.1. The van der Waals surface area contributed by atoms with Crippen LogP contribution in [0.3, 0.4) is 0 Å². The van der Waals surface area contributed by atoms with Crippen LogP contribution in [0.1, 0.15) is 18.4 Å². The Kier molecular flexibility index (Phi) is 5.06. The monoisotopic (exact) mass is 244 g/mol. The minimum atomic E-state index is -0.120. The minimum Gasteiger partial charge on any atom is -0.271 e. The van der Waals surface area contributed by atoms with E-state index in [1.165, 1.54) is 11.8 Å². The maximum atomic E-state index is 8.78. The zero-order valence-electron chi connectivity index (χ0n) is 9.64. The van der Waals surface area contributed by atoms with Crippen LogP contribution in [0.4, 0.5) is 5.69 Å². The number of rotatable bonds is 2. The van der Waals surface area contributed by atoms with Crippen molar-refractivity contribution in [2.45, 2.75) is 12.8 Å². The van der Waals surface area contributed by atoms with Crippen LogP contribution in [0.25, 0.3) is 0 Å². The summed E-state index contributed by atoms with van der Waals surface area (Å²) in [6.45, 7) is 1.85. The van der Waals surface area contributed by atoms with E-state index >= 15 is 0 Å². The van der Waals surface area contributed by atoms with Crippen molar-refractivity contribution in [3.63, 3.8) is 0 Å². The van der Waals surface area contributed by atoms with E-state index < -0.39 is 0 Å². The fourth-order valence-electron chi connectivity index (χ4n) is 1.20. The van der Waals surface area contributed by atoms with Crippen LogP contribution in [0.2, 0.25) is 0 Å². The van der Waals surface area contributed by atoms with E-state index in [0.29, 0.717) is 5.17 Å². The molecule has 4 nitrogen and oxygen atoms in total. The lowest BCUT2D eigenvalue weighted by Crippen LogP contribution is -2.12. The van der Waals surface area contributed by atoms with Crippen molar-refractivity contribution in [3.05, 3.63) is 29.8 Å². The molecule has 17 heavy (non-hydrogen) atoms. The van der Waals surface area contributed by atoms with Crippen LogP contribution in [-0.4, -0.2) is 11.4 Å². The van der Waals surface area contributed by atoms with Gasteiger partial charge < -0.3 is 0 Å². The molecule has 0 spiro atoms. The smallest absolute Gasteiger partial charge is 0.183 e. The first-order chi connectivity index (χ1) is 8.21. The van der Waals surface area contributed by atoms with Crippen molar-refractivity contribution in [1.82, 2.24) is 5.32 Å². The van der Waals surface area contributed by atoms with Gasteiger partial charge in [0.2, 0.25) is 0 Å². The number of hydrogen-bond acceptors (Lipinski definition) is 4. The summed E-state index contributed by atoms with van der Waals surface area (Å²) in [6, 6.07) is 9.59. The van der Waals surface area contributed by atoms with Crippen molar-refractivity contribution < 1.29 is 0 Å². The molecule has 1 aromatic carbocycles. The Morgan fingerprint density at radius 3 is 2.47 bits per heavy atom. The van der Waals surface area contributed by atoms with Crippen molar-refractivity contribution in [2.24, 2.45) is 4.99 Å². The van der Waals surface area contributed by atoms with E-state index in [-0.39, 0.29) is 5.92 Å². The van der Waals surface area contributed by atoms with Gasteiger partial charge in [-0.25, -0.2) is 4.99 Å². The molecule has 0 aliphatic rings. The topological polar surface area (TPSA) is 72.0 Å². The molecule has 1 rings (SSSR count). The van der Waals surface area contributed by atoms with Gasteiger partial charge in [0, 0.05) is 0 Å². The second kappa shape index (κ2) is 6.57. The molecule has 0 heterocycles. The maximum Gasteiger partial charge on any atom is 0.183 e. The van der Waals surface area contributed by atoms with Crippen LogP contribution in [0, 0.1) is 22.8 Å². The average Bonchev–Trinajstić information content (AvgIpc) is 2.38. The lowest BCUT2D eigenvalue weighted by atomic mass is 10.0. The van der Waals surface area contributed by atoms with Gasteiger partial charge in [-0.3, -0.25) is 5.32 Å². The van der Waals surface area contributed by atoms with Gasteiger partial charge in [-0.2, -0.15) is 10.5 Å². The molecule has 0 saturated heterocycles. The molecule has 0 saturated carbocycles. The number of nitrogens with one attached hydrogen (secondary N) is 1. The quantitative estimate of drug-likeness (QED) is 0.376. The van der Waals surface area contributed by atoms with Gasteiger partial charge in [-0.1, -0.05) is 23.9 Å². The summed E-state index contributed by atoms with van der Waals surface area (Å²) in [5, 5.41) is 20.3. The fourth-order valence-corrected chi connectivity index (χ4v) is 1.55. The van der Waals surface area contributed by atoms with Gasteiger partial charge >= 0.3 is 0 Å². The van der Waals surface area contributed by atoms with Crippen LogP contribution in [0.5, 0.6) is 0 Å². The highest BCUT2D eigenvalue weighted by atomic mass is 32.2. The Bertz CT molecular complexity index is 479. The number of benzene rings is 1. The summed E-state index contributed by atoms with van der Waals surface area (Å²) in [6.07, 6.45) is 3.68. The Balaban J connectivity index is 2.89. The maximum absolute atomic E-state index is 8.78. The van der Waals surface area contributed by atoms with Crippen molar-refractivity contribution in [1.29, 1.82) is 10.5 Å². The molecule has 5 heteroatoms. The second-order valence-corrected chi connectivity index (χ2v) is 4.10. The second-order valence-electron chi connectivity index (χ2n) is 3.30. The first-order valence-corrected chi connectivity index (χ1v) is 6.21. The number of thioether (sulfide) groups is 1. The van der Waals surface area contributed by atoms with Crippen molar-refractivity contribution >= 4 is 22.6 Å². The molecule has 86 valence electrons. The van der Waals surface area contributed by atoms with Crippen LogP contribution < -0.4 is 5.32 Å². The summed E-state index contributed by atoms with van der Waals surface area (Å²) < 4.78 is 0. The van der Waals surface area contributed by atoms with E-state index in [1.54, 1.807) is 0 Å². The lowest BCUT2D eigenvalue weighted by molar-refractivity contribution is 0.982. The molecule has 0 aliphatic carbocycles. The average molecular weight is 244 g/mol. The third-order valence-electron chi connectivity index (χ3n) is 2.17. The predicted octanol–water partition coefficient (Wildman–Crippen LogP) is 2.73. The van der Waals surface area contributed by atoms with Crippen LogP contribution in [0.15, 0.2) is 29.3 Å². The molecular formula is C12H12N4S. The number of nitriles is 2. The first-order valence-electron chi connectivity index (χ1n) is 4.98. The minimum absolute atomic E-state index is 0.120. The molecule has 0 fully saturated rings. The molecule has 0 amide bonds. The van der Waals surface area contributed by atoms with E-state index in [4.69, 9.17) is 10.5 Å². The Morgan fingerprint density at radius 1 is 1.35 bits per heavy atom. The third kappa shape index (κ3) is 3.82. The SMILES string of the molecule is CSC(=Nc1ccc(C(C)C#N)cc1)NC#N. The lowest BCUT2D eigenvalue weighted by Gasteiger charge is -2.03. The Labute approximate surface area is 105 Å². The van der Waals surface area contributed by atoms with Crippen molar-refractivity contribution in [3.8, 4) is 12.3 Å². The van der Waals surface area contributed by atoms with Crippen LogP contribution in [-0.2, 0) is 0 Å². The molecule has 0 bridgehead atoms. The van der Waals surface area contributed by atoms with E-state index in [9.17, 15) is 0 Å². The van der Waals surface area contributed by atoms with Gasteiger partial charge in [0.05, 0.1) is 17.7 Å². The number of hydrogen-bond donors (Lipinski definition) is 1. The van der Waals surface area contributed by atoms with E-state index in [0.717, 1.165) is 11.3 Å². The molecular weight excluding hydrogens is 232 g/mol. The van der Waals surface area contributed by atoms with Crippen molar-refractivity contribution in [2.75, 3.05) is 6.26 Å². The predicted molar refractivity (Wildman–Crippen MR) is 69.8 cm³/mol. The normalized spacial score (nSPS) is 12.4. The highest BCUT2D eigenvalue weighted by Gasteiger charge is 2.03. The summed E-state index contributed by atoms with van der Waals surface area (Å²) in [4.78, 5) is 4.26. The molecule has 1 N–H and O–H groups in total. The third-order valence-corrected chi connectivity index (χ3v) is 2.75. The largest absolute Gasteiger partial charge is 0.271 e. The van der Waals surface area contributed by atoms with E-state index in [1.807, 2.05) is 43.6 Å². The fraction of sp³-hybridized carbons (Fsp3) is 0.250. The van der Waals surface area contributed by atoms with Gasteiger partial charge in [-0.05, 0) is 30.9 Å². The van der Waals surface area contributed by atoms with Gasteiger partial charge in [-0.15, -0.1) is 0 Å². The number of amidine groups is 1. The summed E-state index contributed by atoms with van der Waals surface area (Å²) in [5.74, 6) is -0.120. The molecule has 1 atom stereocenters. The summed E-state index contributed by atoms with van der Waals surface area (Å²) >= 11 is 1.37. The molecule has 0 aromatic heterocycles. The van der Waals surface area contributed by atoms with Gasteiger partial charge in [0.25, 0.3) is 0 Å². The number of nitrogens with zero attached hydrogens (tertiary/aromatic N) is 3. The highest BCUT2D eigenvalue weighted by molar-refractivity contribution is 8.13. The molecule has 0 radical (unpaired) electrons. The van der Waals surface area contributed by atoms with Crippen LogP contribution >= 0.6 is 11.8 Å². The highest BCUT2D eigenvalue weighted by Crippen LogP contribution is 2.19. The Morgan fingerprint density at radius 2 is 2.00 bits per heavy atom. The molecule has 1 aromatic rings. The summed E-state index contributed by atoms with van der Waals surface area (Å²) in [7, 11) is 0. The van der Waals surface area contributed by atoms with Gasteiger partial charge in [0.15, 0.2) is 11.4 Å². The molecule has 0 aliphatic heterocycles. The molecule has 1 unspecified atom stereocenters. The zero-order chi connectivity index (χ0) is 12.7.